The Balaban J connectivity index is 1.59. The fourth-order valence-electron chi connectivity index (χ4n) is 3.41. The molecule has 5 nitrogen and oxygen atoms in total. The molecule has 4 rings (SSSR count). The van der Waals surface area contributed by atoms with Crippen molar-refractivity contribution in [2.24, 2.45) is 7.05 Å². The quantitative estimate of drug-likeness (QED) is 0.783. The van der Waals surface area contributed by atoms with E-state index in [1.165, 1.54) is 16.8 Å². The highest BCUT2D eigenvalue weighted by atomic mass is 79.9. The zero-order valence-electron chi connectivity index (χ0n) is 13.3. The molecule has 2 heterocycles. The molecular weight excluding hydrogens is 370 g/mol. The van der Waals surface area contributed by atoms with Crippen molar-refractivity contribution in [2.45, 2.75) is 30.1 Å². The number of rotatable bonds is 4. The van der Waals surface area contributed by atoms with Crippen LogP contribution in [-0.2, 0) is 13.5 Å². The van der Waals surface area contributed by atoms with Crippen LogP contribution in [0, 0.1) is 0 Å². The fourth-order valence-corrected chi connectivity index (χ4v) is 4.48. The van der Waals surface area contributed by atoms with Crippen molar-refractivity contribution in [2.75, 3.05) is 5.32 Å². The Kier molecular flexibility index (Phi) is 3.72. The normalized spacial score (nSPS) is 21.8. The van der Waals surface area contributed by atoms with E-state index in [-0.39, 0.29) is 16.4 Å². The van der Waals surface area contributed by atoms with Crippen molar-refractivity contribution >= 4 is 33.3 Å². The van der Waals surface area contributed by atoms with Crippen LogP contribution < -0.4 is 5.32 Å². The molecule has 6 heteroatoms. The van der Waals surface area contributed by atoms with Gasteiger partial charge in [0, 0.05) is 31.2 Å². The molecule has 2 unspecified atom stereocenters. The second kappa shape index (κ2) is 5.77. The first-order valence-corrected chi connectivity index (χ1v) is 8.92. The molecule has 0 bridgehead atoms. The molecule has 0 saturated heterocycles. The lowest BCUT2D eigenvalue weighted by Gasteiger charge is -2.29. The number of nitrogens with one attached hydrogen (secondary N) is 1. The maximum atomic E-state index is 11.6. The first-order chi connectivity index (χ1) is 11.5. The number of pyridine rings is 1. The lowest BCUT2D eigenvalue weighted by molar-refractivity contribution is 0.0697. The summed E-state index contributed by atoms with van der Waals surface area (Å²) in [6, 6.07) is 4.01. The summed E-state index contributed by atoms with van der Waals surface area (Å²) in [5, 5.41) is 12.9. The zero-order valence-corrected chi connectivity index (χ0v) is 14.9. The first-order valence-electron chi connectivity index (χ1n) is 8.00. The maximum absolute atomic E-state index is 11.6. The smallest absolute Gasteiger partial charge is 0.339 e. The van der Waals surface area contributed by atoms with Crippen molar-refractivity contribution < 1.29 is 9.90 Å². The van der Waals surface area contributed by atoms with Gasteiger partial charge < -0.3 is 15.0 Å². The molecule has 2 aromatic heterocycles. The van der Waals surface area contributed by atoms with Gasteiger partial charge in [-0.25, -0.2) is 9.78 Å². The van der Waals surface area contributed by atoms with E-state index < -0.39 is 5.97 Å². The Labute approximate surface area is 148 Å². The Morgan fingerprint density at radius 2 is 2.29 bits per heavy atom. The van der Waals surface area contributed by atoms with Gasteiger partial charge in [-0.1, -0.05) is 22.0 Å². The van der Waals surface area contributed by atoms with Crippen LogP contribution in [0.2, 0.25) is 0 Å². The van der Waals surface area contributed by atoms with E-state index in [4.69, 9.17) is 0 Å². The number of aromatic carboxylic acids is 1. The molecular formula is C18H18BrN3O2. The van der Waals surface area contributed by atoms with Crippen LogP contribution in [0.1, 0.15) is 44.8 Å². The molecule has 2 N–H and O–H groups in total. The lowest BCUT2D eigenvalue weighted by Crippen LogP contribution is -2.30. The first kappa shape index (κ1) is 15.4. The monoisotopic (exact) mass is 387 g/mol. The van der Waals surface area contributed by atoms with E-state index in [9.17, 15) is 9.90 Å². The predicted molar refractivity (Wildman–Crippen MR) is 96.6 cm³/mol. The third-order valence-electron chi connectivity index (χ3n) is 4.70. The minimum Gasteiger partial charge on any atom is -0.478 e. The lowest BCUT2D eigenvalue weighted by atomic mass is 9.93. The van der Waals surface area contributed by atoms with Gasteiger partial charge in [0.25, 0.3) is 0 Å². The molecule has 124 valence electrons. The summed E-state index contributed by atoms with van der Waals surface area (Å²) in [7, 11) is 2.05. The average Bonchev–Trinajstić information content (AvgIpc) is 3.31. The van der Waals surface area contributed by atoms with E-state index in [0.717, 1.165) is 24.8 Å². The molecule has 0 aromatic carbocycles. The predicted octanol–water partition coefficient (Wildman–Crippen LogP) is 3.77. The van der Waals surface area contributed by atoms with Crippen molar-refractivity contribution in [1.29, 1.82) is 0 Å². The highest BCUT2D eigenvalue weighted by molar-refractivity contribution is 9.09. The largest absolute Gasteiger partial charge is 0.478 e. The number of nitrogens with zero attached hydrogens (tertiary/aromatic N) is 2. The zero-order chi connectivity index (χ0) is 16.8. The van der Waals surface area contributed by atoms with Gasteiger partial charge >= 0.3 is 5.97 Å². The Bertz CT molecular complexity index is 856. The van der Waals surface area contributed by atoms with Crippen molar-refractivity contribution in [3.05, 3.63) is 53.0 Å². The number of alkyl halides is 1. The van der Waals surface area contributed by atoms with Crippen LogP contribution in [0.5, 0.6) is 0 Å². The third kappa shape index (κ3) is 2.75. The molecule has 2 aromatic rings. The number of carboxylic acids is 1. The van der Waals surface area contributed by atoms with Gasteiger partial charge in [-0.15, -0.1) is 0 Å². The maximum Gasteiger partial charge on any atom is 0.339 e. The molecule has 2 aliphatic rings. The van der Waals surface area contributed by atoms with Crippen LogP contribution in [0.15, 0.2) is 30.6 Å². The second-order valence-electron chi connectivity index (χ2n) is 6.44. The molecule has 0 fully saturated rings. The highest BCUT2D eigenvalue weighted by Gasteiger charge is 2.28. The van der Waals surface area contributed by atoms with Crippen LogP contribution in [0.25, 0.3) is 5.57 Å². The van der Waals surface area contributed by atoms with E-state index in [1.807, 2.05) is 0 Å². The van der Waals surface area contributed by atoms with Crippen molar-refractivity contribution in [1.82, 2.24) is 9.55 Å². The summed E-state index contributed by atoms with van der Waals surface area (Å²) in [6.45, 7) is 0. The molecule has 0 spiro atoms. The molecule has 0 saturated carbocycles. The third-order valence-corrected chi connectivity index (χ3v) is 5.51. The minimum atomic E-state index is -0.945. The Hall–Kier alpha value is -2.08. The second-order valence-corrected chi connectivity index (χ2v) is 7.55. The number of hydrogen-bond acceptors (Lipinski definition) is 3. The molecule has 2 atom stereocenters. The molecule has 24 heavy (non-hydrogen) atoms. The number of aromatic nitrogens is 2. The summed E-state index contributed by atoms with van der Waals surface area (Å²) < 4.78 is 2.14. The number of anilines is 1. The molecule has 2 aliphatic carbocycles. The number of carboxylic acid groups (broad SMARTS) is 1. The topological polar surface area (TPSA) is 67.2 Å². The van der Waals surface area contributed by atoms with Crippen LogP contribution in [0.4, 0.5) is 5.82 Å². The number of fused-ring (bicyclic) bond motifs is 1. The number of carbonyl (C=O) groups is 1. The number of halogens is 1. The molecule has 0 amide bonds. The molecule has 0 aliphatic heterocycles. The van der Waals surface area contributed by atoms with Gasteiger partial charge in [-0.2, -0.15) is 0 Å². The average molecular weight is 388 g/mol. The van der Waals surface area contributed by atoms with E-state index in [1.54, 1.807) is 12.3 Å². The highest BCUT2D eigenvalue weighted by Crippen LogP contribution is 2.38. The summed E-state index contributed by atoms with van der Waals surface area (Å²) >= 11 is 3.75. The number of allylic oxidation sites excluding steroid dienone is 2. The van der Waals surface area contributed by atoms with Crippen LogP contribution >= 0.6 is 15.9 Å². The SMILES string of the molecule is Cn1ccc2c1C(Br)CC(Nc1ncc(C3=CC3)cc1C(=O)O)C2. The fraction of sp³-hybridized carbons (Fsp3) is 0.333. The van der Waals surface area contributed by atoms with Gasteiger partial charge in [0.2, 0.25) is 0 Å². The summed E-state index contributed by atoms with van der Waals surface area (Å²) in [5.41, 5.74) is 4.91. The van der Waals surface area contributed by atoms with Gasteiger partial charge in [0.1, 0.15) is 11.4 Å². The van der Waals surface area contributed by atoms with E-state index >= 15 is 0 Å². The number of hydrogen-bond donors (Lipinski definition) is 2. The summed E-state index contributed by atoms with van der Waals surface area (Å²) in [4.78, 5) is 16.3. The van der Waals surface area contributed by atoms with Gasteiger partial charge in [-0.05, 0) is 48.1 Å². The van der Waals surface area contributed by atoms with Crippen molar-refractivity contribution in [3.63, 3.8) is 0 Å². The van der Waals surface area contributed by atoms with E-state index in [0.29, 0.717) is 5.82 Å². The van der Waals surface area contributed by atoms with Gasteiger partial charge in [0.05, 0.1) is 4.83 Å². The summed E-state index contributed by atoms with van der Waals surface area (Å²) in [6.07, 6.45) is 8.59. The van der Waals surface area contributed by atoms with Gasteiger partial charge in [-0.3, -0.25) is 0 Å². The molecule has 0 radical (unpaired) electrons. The summed E-state index contributed by atoms with van der Waals surface area (Å²) in [5.74, 6) is -0.490. The number of aryl methyl sites for hydroxylation is 1. The van der Waals surface area contributed by atoms with Crippen LogP contribution in [0.3, 0.4) is 0 Å². The van der Waals surface area contributed by atoms with E-state index in [2.05, 4.69) is 56.2 Å². The Morgan fingerprint density at radius 1 is 1.50 bits per heavy atom. The van der Waals surface area contributed by atoms with Gasteiger partial charge in [0.15, 0.2) is 0 Å². The minimum absolute atomic E-state index is 0.154. The standard InChI is InChI=1S/C18H18BrN3O2/c1-22-5-4-11-6-13(8-15(19)16(11)22)21-17-14(18(23)24)7-12(9-20-17)10-2-3-10/h2,4-5,7,9,13,15H,3,6,8H2,1H3,(H,20,21)(H,23,24). The van der Waals surface area contributed by atoms with Crippen molar-refractivity contribution in [3.8, 4) is 0 Å². The Morgan fingerprint density at radius 3 is 3.00 bits per heavy atom. The van der Waals surface area contributed by atoms with Crippen LogP contribution in [-0.4, -0.2) is 26.7 Å².